The Bertz CT molecular complexity index is 494. The summed E-state index contributed by atoms with van der Waals surface area (Å²) in [5, 5.41) is 0. The van der Waals surface area contributed by atoms with Gasteiger partial charge in [0.2, 0.25) is 0 Å². The molecule has 4 atom stereocenters. The fraction of sp³-hybridized carbons (Fsp3) is 1.00. The van der Waals surface area contributed by atoms with Crippen molar-refractivity contribution < 1.29 is 0 Å². The Hall–Kier alpha value is 0. The lowest BCUT2D eigenvalue weighted by Crippen LogP contribution is -1.95. The van der Waals surface area contributed by atoms with Gasteiger partial charge in [0.1, 0.15) is 0 Å². The van der Waals surface area contributed by atoms with E-state index in [-0.39, 0.29) is 0 Å². The quantitative estimate of drug-likeness (QED) is 0.0867. The molecule has 0 heterocycles. The molecule has 0 aromatic rings. The molecular weight excluding hydrogens is 444 g/mol. The molecule has 2 rings (SSSR count). The zero-order valence-electron chi connectivity index (χ0n) is 26.4. The highest BCUT2D eigenvalue weighted by molar-refractivity contribution is 4.95. The van der Waals surface area contributed by atoms with Gasteiger partial charge in [-0.1, -0.05) is 194 Å². The van der Waals surface area contributed by atoms with Crippen LogP contribution in [-0.2, 0) is 0 Å². The summed E-state index contributed by atoms with van der Waals surface area (Å²) in [6, 6.07) is 0. The van der Waals surface area contributed by atoms with Gasteiger partial charge >= 0.3 is 0 Å². The third kappa shape index (κ3) is 18.1. The van der Waals surface area contributed by atoms with Crippen molar-refractivity contribution in [3.63, 3.8) is 0 Å². The third-order valence-corrected chi connectivity index (χ3v) is 10.7. The Kier molecular flexibility index (Phi) is 19.5. The number of hydrogen-bond acceptors (Lipinski definition) is 0. The number of unbranched alkanes of at least 4 members (excludes halogenated alkanes) is 24. The molecule has 2 aliphatic rings. The molecular formula is C37H72. The van der Waals surface area contributed by atoms with E-state index < -0.39 is 0 Å². The van der Waals surface area contributed by atoms with E-state index in [2.05, 4.69) is 20.8 Å². The van der Waals surface area contributed by atoms with Crippen LogP contribution in [0.3, 0.4) is 0 Å². The molecule has 4 unspecified atom stereocenters. The Morgan fingerprint density at radius 3 is 1.03 bits per heavy atom. The van der Waals surface area contributed by atoms with Crippen LogP contribution >= 0.6 is 0 Å². The Morgan fingerprint density at radius 2 is 0.757 bits per heavy atom. The second-order valence-corrected chi connectivity index (χ2v) is 14.3. The van der Waals surface area contributed by atoms with Crippen LogP contribution in [0.5, 0.6) is 0 Å². The molecule has 220 valence electrons. The second-order valence-electron chi connectivity index (χ2n) is 14.3. The third-order valence-electron chi connectivity index (χ3n) is 10.7. The summed E-state index contributed by atoms with van der Waals surface area (Å²) in [5.41, 5.74) is 0.742. The Balaban J connectivity index is 1.13. The van der Waals surface area contributed by atoms with E-state index in [1.165, 1.54) is 186 Å². The molecule has 0 N–H and O–H groups in total. The van der Waals surface area contributed by atoms with Crippen LogP contribution in [-0.4, -0.2) is 0 Å². The van der Waals surface area contributed by atoms with Gasteiger partial charge in [0, 0.05) is 0 Å². The Morgan fingerprint density at radius 1 is 0.459 bits per heavy atom. The molecule has 0 spiro atoms. The summed E-state index contributed by atoms with van der Waals surface area (Å²) in [5.74, 6) is 3.25. The zero-order chi connectivity index (χ0) is 26.4. The van der Waals surface area contributed by atoms with E-state index in [4.69, 9.17) is 0 Å². The fourth-order valence-corrected chi connectivity index (χ4v) is 7.15. The van der Waals surface area contributed by atoms with Crippen molar-refractivity contribution in [2.24, 2.45) is 23.2 Å². The van der Waals surface area contributed by atoms with Crippen molar-refractivity contribution in [1.82, 2.24) is 0 Å². The van der Waals surface area contributed by atoms with Crippen LogP contribution in [0.2, 0.25) is 0 Å². The molecule has 0 aliphatic heterocycles. The average Bonchev–Trinajstić information content (AvgIpc) is 3.79. The van der Waals surface area contributed by atoms with Gasteiger partial charge in [-0.25, -0.2) is 0 Å². The molecule has 2 fully saturated rings. The SMILES string of the molecule is CCC1CC1CCCCCCCCCCCCCCCCCCCCCCCCCCCC1(C)CC1C. The highest BCUT2D eigenvalue weighted by Gasteiger charge is 2.45. The van der Waals surface area contributed by atoms with Crippen molar-refractivity contribution in [3.05, 3.63) is 0 Å². The highest BCUT2D eigenvalue weighted by atomic mass is 14.5. The standard InChI is InChI=1S/C37H72/c1-4-35-32-36(35)30-28-26-24-22-20-18-16-14-12-10-8-6-5-7-9-11-13-15-17-19-21-23-25-27-29-31-37(3)33-34(37)2/h34-36H,4-33H2,1-3H3. The first-order valence-electron chi connectivity index (χ1n) is 18.2. The molecule has 37 heavy (non-hydrogen) atoms. The number of hydrogen-bond donors (Lipinski definition) is 0. The van der Waals surface area contributed by atoms with Crippen molar-refractivity contribution in [1.29, 1.82) is 0 Å². The van der Waals surface area contributed by atoms with Crippen molar-refractivity contribution in [2.45, 2.75) is 213 Å². The van der Waals surface area contributed by atoms with Gasteiger partial charge in [-0.05, 0) is 42.4 Å². The van der Waals surface area contributed by atoms with E-state index in [9.17, 15) is 0 Å². The maximum atomic E-state index is 2.50. The van der Waals surface area contributed by atoms with Gasteiger partial charge in [0.25, 0.3) is 0 Å². The van der Waals surface area contributed by atoms with Crippen LogP contribution in [0.15, 0.2) is 0 Å². The van der Waals surface area contributed by atoms with Crippen LogP contribution < -0.4 is 0 Å². The minimum absolute atomic E-state index is 0.742. The van der Waals surface area contributed by atoms with E-state index in [0.717, 1.165) is 23.2 Å². The van der Waals surface area contributed by atoms with Gasteiger partial charge in [-0.15, -0.1) is 0 Å². The molecule has 0 aromatic heterocycles. The average molecular weight is 517 g/mol. The monoisotopic (exact) mass is 517 g/mol. The summed E-state index contributed by atoms with van der Waals surface area (Å²) in [6.07, 6.45) is 45.0. The van der Waals surface area contributed by atoms with Crippen molar-refractivity contribution in [3.8, 4) is 0 Å². The summed E-state index contributed by atoms with van der Waals surface area (Å²) in [4.78, 5) is 0. The first-order chi connectivity index (χ1) is 18.2. The largest absolute Gasteiger partial charge is 0.0651 e. The molecule has 0 aromatic carbocycles. The molecule has 0 heteroatoms. The molecule has 2 aliphatic carbocycles. The predicted octanol–water partition coefficient (Wildman–Crippen LogP) is 13.6. The first kappa shape index (κ1) is 33.2. The molecule has 0 amide bonds. The summed E-state index contributed by atoms with van der Waals surface area (Å²) in [6.45, 7) is 7.30. The van der Waals surface area contributed by atoms with Crippen LogP contribution in [0.25, 0.3) is 0 Å². The van der Waals surface area contributed by atoms with Crippen LogP contribution in [0, 0.1) is 23.2 Å². The fourth-order valence-electron chi connectivity index (χ4n) is 7.15. The van der Waals surface area contributed by atoms with E-state index in [1.54, 1.807) is 6.42 Å². The van der Waals surface area contributed by atoms with Gasteiger partial charge < -0.3 is 0 Å². The molecule has 0 bridgehead atoms. The van der Waals surface area contributed by atoms with Crippen molar-refractivity contribution >= 4 is 0 Å². The molecule has 0 radical (unpaired) electrons. The topological polar surface area (TPSA) is 0 Å². The molecule has 0 saturated heterocycles. The highest BCUT2D eigenvalue weighted by Crippen LogP contribution is 2.55. The number of rotatable bonds is 29. The second kappa shape index (κ2) is 21.8. The minimum atomic E-state index is 0.742. The normalized spacial score (nSPS) is 24.6. The lowest BCUT2D eigenvalue weighted by atomic mass is 9.97. The minimum Gasteiger partial charge on any atom is -0.0651 e. The smallest absolute Gasteiger partial charge is 0.0297 e. The summed E-state index contributed by atoms with van der Waals surface area (Å²) >= 11 is 0. The molecule has 2 saturated carbocycles. The molecule has 0 nitrogen and oxygen atoms in total. The van der Waals surface area contributed by atoms with Gasteiger partial charge in [0.05, 0.1) is 0 Å². The summed E-state index contributed by atoms with van der Waals surface area (Å²) in [7, 11) is 0. The zero-order valence-corrected chi connectivity index (χ0v) is 26.4. The predicted molar refractivity (Wildman–Crippen MR) is 168 cm³/mol. The van der Waals surface area contributed by atoms with E-state index in [1.807, 2.05) is 0 Å². The lowest BCUT2D eigenvalue weighted by Gasteiger charge is -2.09. The van der Waals surface area contributed by atoms with Crippen LogP contribution in [0.1, 0.15) is 213 Å². The van der Waals surface area contributed by atoms with Gasteiger partial charge in [-0.3, -0.25) is 0 Å². The van der Waals surface area contributed by atoms with Gasteiger partial charge in [-0.2, -0.15) is 0 Å². The van der Waals surface area contributed by atoms with Crippen molar-refractivity contribution in [2.75, 3.05) is 0 Å². The first-order valence-corrected chi connectivity index (χ1v) is 18.2. The summed E-state index contributed by atoms with van der Waals surface area (Å²) < 4.78 is 0. The Labute approximate surface area is 236 Å². The lowest BCUT2D eigenvalue weighted by molar-refractivity contribution is 0.436. The maximum absolute atomic E-state index is 2.50. The maximum Gasteiger partial charge on any atom is -0.0297 e. The van der Waals surface area contributed by atoms with E-state index in [0.29, 0.717) is 0 Å². The van der Waals surface area contributed by atoms with E-state index >= 15 is 0 Å². The van der Waals surface area contributed by atoms with Gasteiger partial charge in [0.15, 0.2) is 0 Å². The van der Waals surface area contributed by atoms with Crippen LogP contribution in [0.4, 0.5) is 0 Å².